The Morgan fingerprint density at radius 3 is 2.35 bits per heavy atom. The molecule has 0 atom stereocenters. The highest BCUT2D eigenvalue weighted by atomic mass is 16.5. The van der Waals surface area contributed by atoms with Gasteiger partial charge in [0.05, 0.1) is 12.3 Å². The summed E-state index contributed by atoms with van der Waals surface area (Å²) in [6.45, 7) is 4.71. The molecule has 0 saturated heterocycles. The van der Waals surface area contributed by atoms with Crippen LogP contribution in [-0.4, -0.2) is 24.1 Å². The van der Waals surface area contributed by atoms with E-state index in [4.69, 9.17) is 4.74 Å². The Morgan fingerprint density at radius 1 is 1.05 bits per heavy atom. The summed E-state index contributed by atoms with van der Waals surface area (Å²) in [5, 5.41) is 3.07. The average Bonchev–Trinajstić information content (AvgIpc) is 2.37. The van der Waals surface area contributed by atoms with Gasteiger partial charge in [-0.05, 0) is 19.4 Å². The van der Waals surface area contributed by atoms with Crippen LogP contribution in [0.15, 0.2) is 24.3 Å². The maximum absolute atomic E-state index is 5.15. The molecule has 4 nitrogen and oxygen atoms in total. The van der Waals surface area contributed by atoms with E-state index >= 15 is 0 Å². The number of aryl methyl sites for hydroxylation is 2. The lowest BCUT2D eigenvalue weighted by Crippen LogP contribution is -2.05. The van der Waals surface area contributed by atoms with Gasteiger partial charge in [-0.25, -0.2) is 9.97 Å². The third-order valence-corrected chi connectivity index (χ3v) is 3.02. The van der Waals surface area contributed by atoms with Crippen molar-refractivity contribution in [3.8, 4) is 0 Å². The van der Waals surface area contributed by atoms with Crippen LogP contribution in [-0.2, 0) is 17.8 Å². The fourth-order valence-electron chi connectivity index (χ4n) is 2.33. The second-order valence-corrected chi connectivity index (χ2v) is 5.02. The molecular weight excluding hydrogens is 250 g/mol. The van der Waals surface area contributed by atoms with Gasteiger partial charge in [0.15, 0.2) is 0 Å². The summed E-state index contributed by atoms with van der Waals surface area (Å²) in [7, 11) is 3.53. The molecule has 0 fully saturated rings. The van der Waals surface area contributed by atoms with Crippen molar-refractivity contribution >= 4 is 5.82 Å². The maximum atomic E-state index is 5.15. The van der Waals surface area contributed by atoms with Crippen LogP contribution in [0.2, 0.25) is 0 Å². The Hall–Kier alpha value is -1.94. The molecule has 1 aromatic carbocycles. The van der Waals surface area contributed by atoms with E-state index in [0.717, 1.165) is 23.8 Å². The summed E-state index contributed by atoms with van der Waals surface area (Å²) in [6, 6.07) is 8.44. The molecule has 1 N–H and O–H groups in total. The molecule has 1 aromatic heterocycles. The SMILES string of the molecule is CNc1cc(COC)nc(Cc2cc(C)cc(C)c2)n1. The predicted molar refractivity (Wildman–Crippen MR) is 81.0 cm³/mol. The van der Waals surface area contributed by atoms with Gasteiger partial charge in [0.2, 0.25) is 0 Å². The molecule has 0 amide bonds. The molecule has 4 heteroatoms. The topological polar surface area (TPSA) is 47.0 Å². The number of benzene rings is 1. The molecule has 1 heterocycles. The van der Waals surface area contributed by atoms with Crippen molar-refractivity contribution in [1.82, 2.24) is 9.97 Å². The van der Waals surface area contributed by atoms with Gasteiger partial charge in [-0.15, -0.1) is 0 Å². The molecule has 2 rings (SSSR count). The summed E-state index contributed by atoms with van der Waals surface area (Å²) >= 11 is 0. The predicted octanol–water partition coefficient (Wildman–Crippen LogP) is 2.87. The largest absolute Gasteiger partial charge is 0.378 e. The number of methoxy groups -OCH3 is 1. The smallest absolute Gasteiger partial charge is 0.135 e. The number of rotatable bonds is 5. The Kier molecular flexibility index (Phi) is 4.69. The Balaban J connectivity index is 2.29. The number of nitrogens with zero attached hydrogens (tertiary/aromatic N) is 2. The summed E-state index contributed by atoms with van der Waals surface area (Å²) < 4.78 is 5.15. The number of hydrogen-bond acceptors (Lipinski definition) is 4. The summed E-state index contributed by atoms with van der Waals surface area (Å²) in [4.78, 5) is 9.06. The van der Waals surface area contributed by atoms with Gasteiger partial charge in [0.1, 0.15) is 11.6 Å². The molecule has 0 aliphatic carbocycles. The van der Waals surface area contributed by atoms with E-state index < -0.39 is 0 Å². The molecule has 20 heavy (non-hydrogen) atoms. The fourth-order valence-corrected chi connectivity index (χ4v) is 2.33. The van der Waals surface area contributed by atoms with Crippen LogP contribution in [0.5, 0.6) is 0 Å². The highest BCUT2D eigenvalue weighted by molar-refractivity contribution is 5.36. The number of aromatic nitrogens is 2. The lowest BCUT2D eigenvalue weighted by Gasteiger charge is -2.08. The normalized spacial score (nSPS) is 10.6. The minimum absolute atomic E-state index is 0.497. The molecule has 106 valence electrons. The van der Waals surface area contributed by atoms with E-state index in [9.17, 15) is 0 Å². The molecule has 0 saturated carbocycles. The summed E-state index contributed by atoms with van der Waals surface area (Å²) in [6.07, 6.45) is 0.731. The third-order valence-electron chi connectivity index (χ3n) is 3.02. The molecule has 2 aromatic rings. The number of hydrogen-bond donors (Lipinski definition) is 1. The van der Waals surface area contributed by atoms with Crippen LogP contribution in [0.3, 0.4) is 0 Å². The monoisotopic (exact) mass is 271 g/mol. The molecule has 0 unspecified atom stereocenters. The van der Waals surface area contributed by atoms with E-state index in [1.54, 1.807) is 7.11 Å². The first-order chi connectivity index (χ1) is 9.60. The number of nitrogens with one attached hydrogen (secondary N) is 1. The second-order valence-electron chi connectivity index (χ2n) is 5.02. The van der Waals surface area contributed by atoms with E-state index in [-0.39, 0.29) is 0 Å². The van der Waals surface area contributed by atoms with Crippen LogP contribution < -0.4 is 5.32 Å². The van der Waals surface area contributed by atoms with Crippen molar-refractivity contribution in [1.29, 1.82) is 0 Å². The van der Waals surface area contributed by atoms with Gasteiger partial charge in [0.25, 0.3) is 0 Å². The van der Waals surface area contributed by atoms with E-state index in [0.29, 0.717) is 6.61 Å². The Bertz CT molecular complexity index is 576. The molecule has 0 aliphatic rings. The van der Waals surface area contributed by atoms with Gasteiger partial charge >= 0.3 is 0 Å². The zero-order valence-corrected chi connectivity index (χ0v) is 12.5. The molecule has 0 radical (unpaired) electrons. The van der Waals surface area contributed by atoms with Crippen LogP contribution in [0.4, 0.5) is 5.82 Å². The first kappa shape index (κ1) is 14.5. The van der Waals surface area contributed by atoms with Gasteiger partial charge < -0.3 is 10.1 Å². The average molecular weight is 271 g/mol. The highest BCUT2D eigenvalue weighted by Crippen LogP contribution is 2.14. The number of ether oxygens (including phenoxy) is 1. The molecule has 0 spiro atoms. The highest BCUT2D eigenvalue weighted by Gasteiger charge is 2.06. The quantitative estimate of drug-likeness (QED) is 0.908. The minimum atomic E-state index is 0.497. The van der Waals surface area contributed by atoms with E-state index in [1.165, 1.54) is 16.7 Å². The summed E-state index contributed by atoms with van der Waals surface area (Å²) in [5.41, 5.74) is 4.66. The van der Waals surface area contributed by atoms with Crippen molar-refractivity contribution in [2.75, 3.05) is 19.5 Å². The van der Waals surface area contributed by atoms with Crippen molar-refractivity contribution in [3.63, 3.8) is 0 Å². The van der Waals surface area contributed by atoms with Gasteiger partial charge in [-0.1, -0.05) is 29.3 Å². The standard InChI is InChI=1S/C16H21N3O/c1-11-5-12(2)7-13(6-11)8-16-18-14(10-20-4)9-15(17-3)19-16/h5-7,9H,8,10H2,1-4H3,(H,17,18,19). The molecule has 0 aliphatic heterocycles. The molecule has 0 bridgehead atoms. The van der Waals surface area contributed by atoms with Gasteiger partial charge in [-0.2, -0.15) is 0 Å². The summed E-state index contributed by atoms with van der Waals surface area (Å²) in [5.74, 6) is 1.64. The zero-order valence-electron chi connectivity index (χ0n) is 12.5. The van der Waals surface area contributed by atoms with Crippen LogP contribution in [0.25, 0.3) is 0 Å². The van der Waals surface area contributed by atoms with Gasteiger partial charge in [-0.3, -0.25) is 0 Å². The van der Waals surface area contributed by atoms with Crippen LogP contribution >= 0.6 is 0 Å². The van der Waals surface area contributed by atoms with Crippen molar-refractivity contribution in [2.24, 2.45) is 0 Å². The second kappa shape index (κ2) is 6.48. The van der Waals surface area contributed by atoms with E-state index in [2.05, 4.69) is 47.3 Å². The fraction of sp³-hybridized carbons (Fsp3) is 0.375. The Morgan fingerprint density at radius 2 is 1.75 bits per heavy atom. The lowest BCUT2D eigenvalue weighted by molar-refractivity contribution is 0.181. The van der Waals surface area contributed by atoms with Crippen molar-refractivity contribution in [2.45, 2.75) is 26.9 Å². The van der Waals surface area contributed by atoms with Crippen molar-refractivity contribution < 1.29 is 4.74 Å². The first-order valence-electron chi connectivity index (χ1n) is 6.71. The minimum Gasteiger partial charge on any atom is -0.378 e. The van der Waals surface area contributed by atoms with Gasteiger partial charge in [0, 0.05) is 26.6 Å². The Labute approximate surface area is 120 Å². The van der Waals surface area contributed by atoms with E-state index in [1.807, 2.05) is 13.1 Å². The maximum Gasteiger partial charge on any atom is 0.135 e. The van der Waals surface area contributed by atoms with Crippen molar-refractivity contribution in [3.05, 3.63) is 52.5 Å². The first-order valence-corrected chi connectivity index (χ1v) is 6.71. The lowest BCUT2D eigenvalue weighted by atomic mass is 10.0. The van der Waals surface area contributed by atoms with Crippen LogP contribution in [0.1, 0.15) is 28.2 Å². The number of anilines is 1. The van der Waals surface area contributed by atoms with Crippen LogP contribution in [0, 0.1) is 13.8 Å². The molecular formula is C16H21N3O. The third kappa shape index (κ3) is 3.78. The zero-order chi connectivity index (χ0) is 14.5.